The fourth-order valence-electron chi connectivity index (χ4n) is 0. The predicted octanol–water partition coefficient (Wildman–Crippen LogP) is -2.50. The van der Waals surface area contributed by atoms with Gasteiger partial charge in [0, 0.05) is 0 Å². The van der Waals surface area contributed by atoms with Gasteiger partial charge in [-0.15, -0.1) is 0 Å². The van der Waals surface area contributed by atoms with Gasteiger partial charge in [0.25, 0.3) is 0 Å². The second-order valence-electron chi connectivity index (χ2n) is 0.250. The third-order valence-electron chi connectivity index (χ3n) is 0. The van der Waals surface area contributed by atoms with Crippen LogP contribution in [-0.4, -0.2) is 0 Å². The van der Waals surface area contributed by atoms with E-state index in [1.54, 1.807) is 0 Å². The van der Waals surface area contributed by atoms with Crippen LogP contribution in [0.3, 0.4) is 0 Å². The molecule has 1 radical (unpaired) electrons. The molecule has 0 fully saturated rings. The van der Waals surface area contributed by atoms with Crippen molar-refractivity contribution in [3.8, 4) is 0 Å². The molecule has 5 heavy (non-hydrogen) atoms. The van der Waals surface area contributed by atoms with Crippen LogP contribution >= 0.6 is 0 Å². The molecular formula is CuO3Ti. The summed E-state index contributed by atoms with van der Waals surface area (Å²) in [5, 5.41) is 0. The molecule has 0 aliphatic carbocycles. The Hall–Kier alpha value is 0.954. The zero-order chi connectivity index (χ0) is 3.58. The Bertz CT molecular complexity index is 29.9. The van der Waals surface area contributed by atoms with Crippen LogP contribution in [0.4, 0.5) is 0 Å². The van der Waals surface area contributed by atoms with E-state index in [0.717, 1.165) is 0 Å². The Morgan fingerprint density at radius 1 is 1.40 bits per heavy atom. The average molecular weight is 159 g/mol. The summed E-state index contributed by atoms with van der Waals surface area (Å²) in [6.45, 7) is 0. The molecule has 0 heterocycles. The molecule has 0 rings (SSSR count). The Kier molecular flexibility index (Phi) is 9.26. The van der Waals surface area contributed by atoms with Crippen LogP contribution in [0.5, 0.6) is 0 Å². The van der Waals surface area contributed by atoms with Crippen LogP contribution in [0.25, 0.3) is 0 Å². The minimum absolute atomic E-state index is 0. The molecule has 0 aliphatic heterocycles. The first-order valence-electron chi connectivity index (χ1n) is 0.612. The summed E-state index contributed by atoms with van der Waals surface area (Å²) in [6.07, 6.45) is 0. The Labute approximate surface area is 46.6 Å². The molecule has 3 nitrogen and oxygen atoms in total. The van der Waals surface area contributed by atoms with Gasteiger partial charge in [-0.2, -0.15) is 0 Å². The first-order valence-corrected chi connectivity index (χ1v) is 2.52. The predicted molar refractivity (Wildman–Crippen MR) is 0.686 cm³/mol. The second-order valence-corrected chi connectivity index (χ2v) is 1.03. The van der Waals surface area contributed by atoms with Crippen LogP contribution < -0.4 is 7.38 Å². The fourth-order valence-corrected chi connectivity index (χ4v) is 0. The Balaban J connectivity index is 0. The minimum atomic E-state index is -4.08. The zero-order valence-electron chi connectivity index (χ0n) is 2.03. The van der Waals surface area contributed by atoms with E-state index in [-0.39, 0.29) is 17.1 Å². The molecule has 0 atom stereocenters. The number of rotatable bonds is 0. The number of hydrogen-bond acceptors (Lipinski definition) is 3. The molecule has 0 saturated heterocycles. The van der Waals surface area contributed by atoms with Crippen molar-refractivity contribution in [1.29, 1.82) is 0 Å². The normalized spacial score (nSPS) is 5.20. The van der Waals surface area contributed by atoms with Crippen LogP contribution in [0.15, 0.2) is 0 Å². The fraction of sp³-hybridized carbons (Fsp3) is 0. The van der Waals surface area contributed by atoms with Gasteiger partial charge in [-0.3, -0.25) is 0 Å². The van der Waals surface area contributed by atoms with Crippen LogP contribution in [0.2, 0.25) is 0 Å². The second kappa shape index (κ2) is 4.95. The monoisotopic (exact) mass is 159 g/mol. The van der Waals surface area contributed by atoms with Gasteiger partial charge in [-0.1, -0.05) is 0 Å². The van der Waals surface area contributed by atoms with Crippen molar-refractivity contribution in [3.05, 3.63) is 0 Å². The van der Waals surface area contributed by atoms with Gasteiger partial charge in [0.2, 0.25) is 0 Å². The summed E-state index contributed by atoms with van der Waals surface area (Å²) in [6, 6.07) is 0. The van der Waals surface area contributed by atoms with Gasteiger partial charge in [0.1, 0.15) is 0 Å². The maximum absolute atomic E-state index is 8.58. The molecule has 5 heteroatoms. The first-order chi connectivity index (χ1) is 1.73. The number of hydrogen-bond donors (Lipinski definition) is 0. The van der Waals surface area contributed by atoms with E-state index in [1.165, 1.54) is 0 Å². The van der Waals surface area contributed by atoms with Crippen molar-refractivity contribution < 1.29 is 46.4 Å². The quantitative estimate of drug-likeness (QED) is 0.367. The van der Waals surface area contributed by atoms with E-state index >= 15 is 0 Å². The Morgan fingerprint density at radius 3 is 1.40 bits per heavy atom. The van der Waals surface area contributed by atoms with Crippen LogP contribution in [0, 0.1) is 0 Å². The van der Waals surface area contributed by atoms with Crippen LogP contribution in [-0.2, 0) is 39.0 Å². The molecule has 33 valence electrons. The van der Waals surface area contributed by atoms with Crippen molar-refractivity contribution in [1.82, 2.24) is 0 Å². The molecule has 0 aromatic rings. The summed E-state index contributed by atoms with van der Waals surface area (Å²) in [5.74, 6) is 0. The standard InChI is InChI=1S/Cu.3O.Ti/q+2;;2*-1;. The van der Waals surface area contributed by atoms with Crippen LogP contribution in [0.1, 0.15) is 0 Å². The summed E-state index contributed by atoms with van der Waals surface area (Å²) >= 11 is -4.08. The molecule has 0 amide bonds. The molecule has 0 aromatic carbocycles. The third kappa shape index (κ3) is 47.5. The third-order valence-corrected chi connectivity index (χ3v) is 0. The van der Waals surface area contributed by atoms with Gasteiger partial charge < -0.3 is 0 Å². The molecule has 0 saturated carbocycles. The maximum atomic E-state index is 8.58. The summed E-state index contributed by atoms with van der Waals surface area (Å²) in [4.78, 5) is 0. The molecule has 0 aromatic heterocycles. The van der Waals surface area contributed by atoms with Gasteiger partial charge in [0.15, 0.2) is 0 Å². The Morgan fingerprint density at radius 2 is 1.40 bits per heavy atom. The van der Waals surface area contributed by atoms with Crippen molar-refractivity contribution in [2.45, 2.75) is 0 Å². The molecule has 0 aliphatic rings. The van der Waals surface area contributed by atoms with E-state index in [4.69, 9.17) is 10.7 Å². The molecular weight excluding hydrogens is 159 g/mol. The van der Waals surface area contributed by atoms with Crippen molar-refractivity contribution in [3.63, 3.8) is 0 Å². The molecule has 0 N–H and O–H groups in total. The van der Waals surface area contributed by atoms with E-state index in [9.17, 15) is 0 Å². The van der Waals surface area contributed by atoms with Gasteiger partial charge in [-0.05, 0) is 0 Å². The topological polar surface area (TPSA) is 63.2 Å². The summed E-state index contributed by atoms with van der Waals surface area (Å²) in [7, 11) is 0. The van der Waals surface area contributed by atoms with E-state index in [1.807, 2.05) is 0 Å². The van der Waals surface area contributed by atoms with Gasteiger partial charge in [-0.25, -0.2) is 0 Å². The summed E-state index contributed by atoms with van der Waals surface area (Å²) in [5.41, 5.74) is 0. The van der Waals surface area contributed by atoms with Crippen molar-refractivity contribution in [2.24, 2.45) is 0 Å². The van der Waals surface area contributed by atoms with E-state index in [2.05, 4.69) is 0 Å². The molecule has 0 bridgehead atoms. The van der Waals surface area contributed by atoms with Crippen molar-refractivity contribution >= 4 is 0 Å². The SMILES string of the molecule is [Cu+2].[O]=[Ti]([O-])[O-]. The molecule has 0 spiro atoms. The summed E-state index contributed by atoms with van der Waals surface area (Å²) < 4.78 is 25.8. The van der Waals surface area contributed by atoms with Gasteiger partial charge >= 0.3 is 46.4 Å². The zero-order valence-corrected chi connectivity index (χ0v) is 4.53. The van der Waals surface area contributed by atoms with Crippen molar-refractivity contribution in [2.75, 3.05) is 0 Å². The first kappa shape index (κ1) is 9.35. The van der Waals surface area contributed by atoms with E-state index < -0.39 is 18.6 Å². The van der Waals surface area contributed by atoms with Gasteiger partial charge in [0.05, 0.1) is 0 Å². The average Bonchev–Trinajstić information content (AvgIpc) is 0.811. The van der Waals surface area contributed by atoms with E-state index in [0.29, 0.717) is 0 Å². The molecule has 0 unspecified atom stereocenters.